The Kier molecular flexibility index (Phi) is 3.36. The second kappa shape index (κ2) is 4.94. The summed E-state index contributed by atoms with van der Waals surface area (Å²) in [5.74, 6) is 1.12. The Morgan fingerprint density at radius 2 is 2.56 bits per heavy atom. The number of nitrogens with two attached hydrogens (primary N) is 1. The Morgan fingerprint density at radius 1 is 1.69 bits per heavy atom. The highest BCUT2D eigenvalue weighted by atomic mass is 16.5. The smallest absolute Gasteiger partial charge is 0.141 e. The molecule has 1 aromatic rings. The molecule has 0 saturated carbocycles. The third kappa shape index (κ3) is 2.70. The molecule has 3 N–H and O–H groups in total. The molecule has 1 aliphatic rings. The maximum atomic E-state index is 7.27. The van der Waals surface area contributed by atoms with Gasteiger partial charge in [-0.3, -0.25) is 10.4 Å². The molecule has 2 heterocycles. The van der Waals surface area contributed by atoms with Crippen molar-refractivity contribution in [2.75, 3.05) is 19.8 Å². The molecule has 1 saturated heterocycles. The summed E-state index contributed by atoms with van der Waals surface area (Å²) < 4.78 is 10.9. The number of pyridine rings is 1. The first-order valence-corrected chi connectivity index (χ1v) is 5.26. The molecule has 0 aromatic carbocycles. The summed E-state index contributed by atoms with van der Waals surface area (Å²) in [7, 11) is 0. The van der Waals surface area contributed by atoms with E-state index in [9.17, 15) is 0 Å². The molecule has 5 nitrogen and oxygen atoms in total. The number of rotatable bonds is 4. The van der Waals surface area contributed by atoms with Crippen LogP contribution in [0.3, 0.4) is 0 Å². The van der Waals surface area contributed by atoms with Crippen LogP contribution in [0.2, 0.25) is 0 Å². The van der Waals surface area contributed by atoms with Gasteiger partial charge in [0.1, 0.15) is 17.3 Å². The summed E-state index contributed by atoms with van der Waals surface area (Å²) in [6, 6.07) is 3.44. The topological polar surface area (TPSA) is 81.2 Å². The number of hydrogen-bond acceptors (Lipinski definition) is 4. The lowest BCUT2D eigenvalue weighted by Gasteiger charge is -2.10. The minimum atomic E-state index is -0.0466. The van der Waals surface area contributed by atoms with E-state index >= 15 is 0 Å². The lowest BCUT2D eigenvalue weighted by Crippen LogP contribution is -2.14. The molecule has 16 heavy (non-hydrogen) atoms. The van der Waals surface area contributed by atoms with Gasteiger partial charge in [0.05, 0.1) is 13.2 Å². The molecule has 0 bridgehead atoms. The molecule has 2 rings (SSSR count). The van der Waals surface area contributed by atoms with Gasteiger partial charge >= 0.3 is 0 Å². The summed E-state index contributed by atoms with van der Waals surface area (Å²) in [5.41, 5.74) is 5.79. The predicted octanol–water partition coefficient (Wildman–Crippen LogP) is 0.781. The molecule has 0 aliphatic carbocycles. The Hall–Kier alpha value is -1.62. The lowest BCUT2D eigenvalue weighted by molar-refractivity contribution is 0.167. The van der Waals surface area contributed by atoms with Crippen molar-refractivity contribution >= 4 is 5.84 Å². The zero-order valence-corrected chi connectivity index (χ0v) is 8.98. The van der Waals surface area contributed by atoms with E-state index in [-0.39, 0.29) is 5.84 Å². The van der Waals surface area contributed by atoms with Crippen LogP contribution in [0.5, 0.6) is 5.75 Å². The van der Waals surface area contributed by atoms with E-state index in [1.54, 1.807) is 18.3 Å². The van der Waals surface area contributed by atoms with Crippen LogP contribution in [0, 0.1) is 11.3 Å². The van der Waals surface area contributed by atoms with Crippen molar-refractivity contribution in [3.05, 3.63) is 24.0 Å². The van der Waals surface area contributed by atoms with E-state index in [2.05, 4.69) is 4.98 Å². The third-order valence-corrected chi connectivity index (χ3v) is 2.52. The van der Waals surface area contributed by atoms with Gasteiger partial charge in [-0.05, 0) is 12.5 Å². The van der Waals surface area contributed by atoms with Crippen molar-refractivity contribution in [2.24, 2.45) is 11.7 Å². The first kappa shape index (κ1) is 10.9. The minimum Gasteiger partial charge on any atom is -0.493 e. The molecular weight excluding hydrogens is 206 g/mol. The zero-order chi connectivity index (χ0) is 11.4. The first-order chi connectivity index (χ1) is 7.75. The molecule has 1 aromatic heterocycles. The van der Waals surface area contributed by atoms with Crippen molar-refractivity contribution in [3.8, 4) is 5.75 Å². The average molecular weight is 221 g/mol. The largest absolute Gasteiger partial charge is 0.493 e. The van der Waals surface area contributed by atoms with Crippen LogP contribution < -0.4 is 10.5 Å². The maximum absolute atomic E-state index is 7.27. The number of nitrogens with one attached hydrogen (secondary N) is 1. The van der Waals surface area contributed by atoms with Crippen LogP contribution in [0.4, 0.5) is 0 Å². The minimum absolute atomic E-state index is 0.0466. The van der Waals surface area contributed by atoms with Gasteiger partial charge in [0.15, 0.2) is 0 Å². The molecule has 0 spiro atoms. The van der Waals surface area contributed by atoms with E-state index in [0.717, 1.165) is 19.6 Å². The maximum Gasteiger partial charge on any atom is 0.141 e. The van der Waals surface area contributed by atoms with E-state index in [1.807, 2.05) is 0 Å². The van der Waals surface area contributed by atoms with Crippen LogP contribution in [0.1, 0.15) is 12.1 Å². The second-order valence-corrected chi connectivity index (χ2v) is 3.83. The highest BCUT2D eigenvalue weighted by molar-refractivity contribution is 5.93. The van der Waals surface area contributed by atoms with Crippen molar-refractivity contribution in [1.29, 1.82) is 5.41 Å². The Morgan fingerprint density at radius 3 is 3.25 bits per heavy atom. The van der Waals surface area contributed by atoms with E-state index in [1.165, 1.54) is 0 Å². The number of aromatic nitrogens is 1. The van der Waals surface area contributed by atoms with Crippen molar-refractivity contribution in [3.63, 3.8) is 0 Å². The van der Waals surface area contributed by atoms with Crippen LogP contribution >= 0.6 is 0 Å². The normalized spacial score (nSPS) is 19.6. The number of nitrogens with zero attached hydrogens (tertiary/aromatic N) is 1. The molecule has 1 fully saturated rings. The Labute approximate surface area is 94.1 Å². The highest BCUT2D eigenvalue weighted by Gasteiger charge is 2.16. The predicted molar refractivity (Wildman–Crippen MR) is 59.7 cm³/mol. The van der Waals surface area contributed by atoms with E-state index in [4.69, 9.17) is 20.6 Å². The van der Waals surface area contributed by atoms with Gasteiger partial charge in [-0.1, -0.05) is 0 Å². The Balaban J connectivity index is 1.93. The second-order valence-electron chi connectivity index (χ2n) is 3.83. The number of ether oxygens (including phenoxy) is 2. The molecule has 1 unspecified atom stereocenters. The molecule has 1 aliphatic heterocycles. The fourth-order valence-corrected chi connectivity index (χ4v) is 1.58. The van der Waals surface area contributed by atoms with Crippen LogP contribution in [-0.4, -0.2) is 30.6 Å². The zero-order valence-electron chi connectivity index (χ0n) is 8.98. The van der Waals surface area contributed by atoms with Gasteiger partial charge in [0.2, 0.25) is 0 Å². The van der Waals surface area contributed by atoms with E-state index in [0.29, 0.717) is 24.0 Å². The van der Waals surface area contributed by atoms with Gasteiger partial charge in [-0.15, -0.1) is 0 Å². The summed E-state index contributed by atoms with van der Waals surface area (Å²) in [6.07, 6.45) is 2.64. The monoisotopic (exact) mass is 221 g/mol. The fourth-order valence-electron chi connectivity index (χ4n) is 1.58. The van der Waals surface area contributed by atoms with Crippen molar-refractivity contribution in [2.45, 2.75) is 6.42 Å². The molecule has 1 atom stereocenters. The lowest BCUT2D eigenvalue weighted by atomic mass is 10.1. The Bertz CT molecular complexity index is 375. The first-order valence-electron chi connectivity index (χ1n) is 5.26. The van der Waals surface area contributed by atoms with Gasteiger partial charge in [0, 0.05) is 24.8 Å². The van der Waals surface area contributed by atoms with Gasteiger partial charge in [0.25, 0.3) is 0 Å². The van der Waals surface area contributed by atoms with Gasteiger partial charge in [-0.25, -0.2) is 0 Å². The van der Waals surface area contributed by atoms with Crippen molar-refractivity contribution in [1.82, 2.24) is 4.98 Å². The summed E-state index contributed by atoms with van der Waals surface area (Å²) in [5, 5.41) is 7.27. The third-order valence-electron chi connectivity index (χ3n) is 2.52. The van der Waals surface area contributed by atoms with Crippen LogP contribution in [0.25, 0.3) is 0 Å². The summed E-state index contributed by atoms with van der Waals surface area (Å²) in [4.78, 5) is 3.96. The SMILES string of the molecule is N=C(N)c1cc(OCC2CCOC2)ccn1. The molecule has 0 amide bonds. The van der Waals surface area contributed by atoms with E-state index < -0.39 is 0 Å². The molecule has 0 radical (unpaired) electrons. The fraction of sp³-hybridized carbons (Fsp3) is 0.455. The molecule has 86 valence electrons. The van der Waals surface area contributed by atoms with Gasteiger partial charge < -0.3 is 15.2 Å². The number of nitrogen functional groups attached to an aromatic ring is 1. The summed E-state index contributed by atoms with van der Waals surface area (Å²) in [6.45, 7) is 2.23. The quantitative estimate of drug-likeness (QED) is 0.581. The molecular formula is C11H15N3O2. The van der Waals surface area contributed by atoms with Crippen LogP contribution in [0.15, 0.2) is 18.3 Å². The standard InChI is InChI=1S/C11H15N3O2/c12-11(13)10-5-9(1-3-14-10)16-7-8-2-4-15-6-8/h1,3,5,8H,2,4,6-7H2,(H3,12,13). The average Bonchev–Trinajstić information content (AvgIpc) is 2.79. The number of amidine groups is 1. The van der Waals surface area contributed by atoms with Crippen molar-refractivity contribution < 1.29 is 9.47 Å². The highest BCUT2D eigenvalue weighted by Crippen LogP contribution is 2.16. The molecule has 5 heteroatoms. The van der Waals surface area contributed by atoms with Crippen LogP contribution in [-0.2, 0) is 4.74 Å². The van der Waals surface area contributed by atoms with Gasteiger partial charge in [-0.2, -0.15) is 0 Å². The number of hydrogen-bond donors (Lipinski definition) is 2. The summed E-state index contributed by atoms with van der Waals surface area (Å²) >= 11 is 0.